The van der Waals surface area contributed by atoms with E-state index in [1.165, 1.54) is 13.1 Å². The Hall–Kier alpha value is -2.24. The Morgan fingerprint density at radius 1 is 1.16 bits per heavy atom. The van der Waals surface area contributed by atoms with Gasteiger partial charge >= 0.3 is 0 Å². The second kappa shape index (κ2) is 9.30. The maximum absolute atomic E-state index is 10.8. The average molecular weight is 381 g/mol. The molecule has 0 heterocycles. The van der Waals surface area contributed by atoms with Gasteiger partial charge in [-0.2, -0.15) is 5.10 Å². The van der Waals surface area contributed by atoms with Crippen LogP contribution in [0.1, 0.15) is 18.1 Å². The number of carbonyl (C=O) groups is 1. The van der Waals surface area contributed by atoms with Gasteiger partial charge in [0.2, 0.25) is 5.91 Å². The van der Waals surface area contributed by atoms with Crippen molar-refractivity contribution in [2.75, 3.05) is 13.2 Å². The molecule has 0 atom stereocenters. The summed E-state index contributed by atoms with van der Waals surface area (Å²) in [4.78, 5) is 10.8. The Labute approximate surface area is 156 Å². The molecule has 0 bridgehead atoms. The van der Waals surface area contributed by atoms with E-state index < -0.39 is 0 Å². The molecule has 0 aliphatic heterocycles. The van der Waals surface area contributed by atoms with E-state index in [2.05, 4.69) is 10.5 Å². The number of benzene rings is 2. The molecule has 0 radical (unpaired) electrons. The second-order valence-electron chi connectivity index (χ2n) is 5.20. The number of carbonyl (C=O) groups excluding carboxylic acids is 1. The molecule has 1 amide bonds. The van der Waals surface area contributed by atoms with Crippen LogP contribution in [0.15, 0.2) is 41.5 Å². The van der Waals surface area contributed by atoms with Gasteiger partial charge in [-0.05, 0) is 36.2 Å². The first-order valence-corrected chi connectivity index (χ1v) is 8.33. The highest BCUT2D eigenvalue weighted by Crippen LogP contribution is 2.33. The smallest absolute Gasteiger partial charge is 0.236 e. The molecule has 0 aliphatic rings. The van der Waals surface area contributed by atoms with Crippen LogP contribution in [-0.4, -0.2) is 25.3 Å². The minimum Gasteiger partial charge on any atom is -0.490 e. The number of hydrogen-bond donors (Lipinski definition) is 1. The van der Waals surface area contributed by atoms with Gasteiger partial charge in [-0.1, -0.05) is 41.4 Å². The number of hydrazone groups is 1. The number of halogens is 2. The number of aryl methyl sites for hydroxylation is 1. The van der Waals surface area contributed by atoms with Gasteiger partial charge in [-0.25, -0.2) is 5.43 Å². The fraction of sp³-hybridized carbons (Fsp3) is 0.222. The number of rotatable bonds is 7. The Morgan fingerprint density at radius 2 is 1.80 bits per heavy atom. The van der Waals surface area contributed by atoms with Crippen LogP contribution < -0.4 is 14.9 Å². The van der Waals surface area contributed by atoms with Crippen LogP contribution >= 0.6 is 23.2 Å². The molecular formula is C18H18Cl2N2O3. The summed E-state index contributed by atoms with van der Waals surface area (Å²) in [6.07, 6.45) is 1.45. The lowest BCUT2D eigenvalue weighted by atomic mass is 10.2. The number of hydrogen-bond acceptors (Lipinski definition) is 4. The largest absolute Gasteiger partial charge is 0.490 e. The molecule has 5 nitrogen and oxygen atoms in total. The Morgan fingerprint density at radius 3 is 2.44 bits per heavy atom. The first-order chi connectivity index (χ1) is 12.0. The van der Waals surface area contributed by atoms with E-state index in [0.29, 0.717) is 34.6 Å². The van der Waals surface area contributed by atoms with Crippen LogP contribution in [0.25, 0.3) is 0 Å². The highest BCUT2D eigenvalue weighted by atomic mass is 35.5. The molecule has 0 saturated carbocycles. The summed E-state index contributed by atoms with van der Waals surface area (Å²) in [5.74, 6) is 0.934. The van der Waals surface area contributed by atoms with Gasteiger partial charge in [0.25, 0.3) is 0 Å². The van der Waals surface area contributed by atoms with Crippen molar-refractivity contribution in [2.24, 2.45) is 5.10 Å². The van der Waals surface area contributed by atoms with Crippen molar-refractivity contribution in [1.82, 2.24) is 5.43 Å². The van der Waals surface area contributed by atoms with Gasteiger partial charge in [-0.15, -0.1) is 0 Å². The zero-order chi connectivity index (χ0) is 18.2. The standard InChI is InChI=1S/C18H18Cl2N2O3/c1-12-5-3-4-6-17(12)24-7-8-25-18-15(19)9-14(10-16(18)20)11-21-22-13(2)23/h3-6,9-11H,7-8H2,1-2H3,(H,22,23)/b21-11+. The van der Waals surface area contributed by atoms with Gasteiger partial charge < -0.3 is 9.47 Å². The van der Waals surface area contributed by atoms with Crippen LogP contribution in [0.4, 0.5) is 0 Å². The van der Waals surface area contributed by atoms with Crippen molar-refractivity contribution >= 4 is 35.3 Å². The van der Waals surface area contributed by atoms with E-state index in [1.807, 2.05) is 31.2 Å². The van der Waals surface area contributed by atoms with Crippen LogP contribution in [0.5, 0.6) is 11.5 Å². The number of amides is 1. The maximum atomic E-state index is 10.8. The molecule has 1 N–H and O–H groups in total. The van der Waals surface area contributed by atoms with E-state index in [4.69, 9.17) is 32.7 Å². The monoisotopic (exact) mass is 380 g/mol. The van der Waals surface area contributed by atoms with Crippen LogP contribution in [0.3, 0.4) is 0 Å². The van der Waals surface area contributed by atoms with Gasteiger partial charge in [0.15, 0.2) is 5.75 Å². The lowest BCUT2D eigenvalue weighted by Crippen LogP contribution is -2.12. The van der Waals surface area contributed by atoms with Crippen molar-refractivity contribution in [1.29, 1.82) is 0 Å². The van der Waals surface area contributed by atoms with Gasteiger partial charge in [0, 0.05) is 6.92 Å². The SMILES string of the molecule is CC(=O)N/N=C/c1cc(Cl)c(OCCOc2ccccc2C)c(Cl)c1. The number of ether oxygens (including phenoxy) is 2. The van der Waals surface area contributed by atoms with Crippen molar-refractivity contribution in [3.63, 3.8) is 0 Å². The molecule has 0 spiro atoms. The summed E-state index contributed by atoms with van der Waals surface area (Å²) in [5, 5.41) is 4.48. The van der Waals surface area contributed by atoms with E-state index >= 15 is 0 Å². The number of para-hydroxylation sites is 1. The predicted molar refractivity (Wildman–Crippen MR) is 100 cm³/mol. The molecule has 2 aromatic carbocycles. The molecule has 2 aromatic rings. The molecule has 2 rings (SSSR count). The van der Waals surface area contributed by atoms with Crippen molar-refractivity contribution in [3.05, 3.63) is 57.6 Å². The Balaban J connectivity index is 1.92. The van der Waals surface area contributed by atoms with Gasteiger partial charge in [0.1, 0.15) is 19.0 Å². The zero-order valence-electron chi connectivity index (χ0n) is 13.9. The lowest BCUT2D eigenvalue weighted by molar-refractivity contribution is -0.118. The fourth-order valence-corrected chi connectivity index (χ4v) is 2.62. The highest BCUT2D eigenvalue weighted by Gasteiger charge is 2.09. The second-order valence-corrected chi connectivity index (χ2v) is 6.02. The van der Waals surface area contributed by atoms with E-state index in [-0.39, 0.29) is 5.91 Å². The van der Waals surface area contributed by atoms with Crippen molar-refractivity contribution < 1.29 is 14.3 Å². The van der Waals surface area contributed by atoms with E-state index in [1.54, 1.807) is 12.1 Å². The summed E-state index contributed by atoms with van der Waals surface area (Å²) in [6, 6.07) is 11.0. The Bertz CT molecular complexity index is 756. The van der Waals surface area contributed by atoms with E-state index in [0.717, 1.165) is 11.3 Å². The van der Waals surface area contributed by atoms with Crippen molar-refractivity contribution in [3.8, 4) is 11.5 Å². The predicted octanol–water partition coefficient (Wildman–Crippen LogP) is 4.23. The molecule has 0 unspecified atom stereocenters. The summed E-state index contributed by atoms with van der Waals surface area (Å²) in [7, 11) is 0. The van der Waals surface area contributed by atoms with Crippen LogP contribution in [0, 0.1) is 6.92 Å². The molecule has 7 heteroatoms. The number of nitrogens with one attached hydrogen (secondary N) is 1. The molecule has 0 saturated heterocycles. The van der Waals surface area contributed by atoms with Gasteiger partial charge in [0.05, 0.1) is 16.3 Å². The summed E-state index contributed by atoms with van der Waals surface area (Å²) >= 11 is 12.4. The molecule has 0 aromatic heterocycles. The topological polar surface area (TPSA) is 59.9 Å². The van der Waals surface area contributed by atoms with Crippen LogP contribution in [-0.2, 0) is 4.79 Å². The molecular weight excluding hydrogens is 363 g/mol. The summed E-state index contributed by atoms with van der Waals surface area (Å²) in [6.45, 7) is 4.01. The third-order valence-electron chi connectivity index (χ3n) is 3.14. The molecule has 0 aliphatic carbocycles. The zero-order valence-corrected chi connectivity index (χ0v) is 15.4. The Kier molecular flexibility index (Phi) is 7.10. The first-order valence-electron chi connectivity index (χ1n) is 7.57. The molecule has 0 fully saturated rings. The van der Waals surface area contributed by atoms with Crippen LogP contribution in [0.2, 0.25) is 10.0 Å². The van der Waals surface area contributed by atoms with Crippen molar-refractivity contribution in [2.45, 2.75) is 13.8 Å². The normalized spacial score (nSPS) is 10.7. The fourth-order valence-electron chi connectivity index (χ4n) is 2.00. The summed E-state index contributed by atoms with van der Waals surface area (Å²) in [5.41, 5.74) is 4.01. The maximum Gasteiger partial charge on any atom is 0.236 e. The van der Waals surface area contributed by atoms with Gasteiger partial charge in [-0.3, -0.25) is 4.79 Å². The minimum absolute atomic E-state index is 0.262. The summed E-state index contributed by atoms with van der Waals surface area (Å²) < 4.78 is 11.3. The highest BCUT2D eigenvalue weighted by molar-refractivity contribution is 6.37. The lowest BCUT2D eigenvalue weighted by Gasteiger charge is -2.12. The molecule has 132 valence electrons. The average Bonchev–Trinajstić information content (AvgIpc) is 2.54. The number of nitrogens with zero attached hydrogens (tertiary/aromatic N) is 1. The third kappa shape index (κ3) is 5.96. The minimum atomic E-state index is -0.262. The quantitative estimate of drug-likeness (QED) is 0.444. The van der Waals surface area contributed by atoms with E-state index in [9.17, 15) is 4.79 Å². The third-order valence-corrected chi connectivity index (χ3v) is 3.70. The molecule has 25 heavy (non-hydrogen) atoms. The first kappa shape index (κ1) is 19.1.